The number of carbonyl (C=O) groups is 2. The monoisotopic (exact) mass is 463 g/mol. The summed E-state index contributed by atoms with van der Waals surface area (Å²) in [6.45, 7) is 5.86. The Hall–Kier alpha value is -3.35. The minimum atomic E-state index is -0.106. The van der Waals surface area contributed by atoms with E-state index in [2.05, 4.69) is 19.0 Å². The van der Waals surface area contributed by atoms with Gasteiger partial charge in [0, 0.05) is 25.5 Å². The van der Waals surface area contributed by atoms with Crippen LogP contribution < -0.4 is 4.74 Å². The number of rotatable bonds is 4. The summed E-state index contributed by atoms with van der Waals surface area (Å²) in [6, 6.07) is 14.9. The van der Waals surface area contributed by atoms with Gasteiger partial charge in [0.15, 0.2) is 5.58 Å². The van der Waals surface area contributed by atoms with Crippen LogP contribution in [0.15, 0.2) is 53.1 Å². The van der Waals surface area contributed by atoms with Crippen molar-refractivity contribution in [2.75, 3.05) is 26.7 Å². The first-order valence-electron chi connectivity index (χ1n) is 12.0. The first kappa shape index (κ1) is 23.8. The van der Waals surface area contributed by atoms with Crippen LogP contribution in [0.4, 0.5) is 0 Å². The van der Waals surface area contributed by atoms with E-state index in [0.29, 0.717) is 48.2 Å². The van der Waals surface area contributed by atoms with Gasteiger partial charge in [-0.3, -0.25) is 9.59 Å². The highest BCUT2D eigenvalue weighted by molar-refractivity contribution is 5.96. The second kappa shape index (κ2) is 10.7. The Morgan fingerprint density at radius 1 is 1.09 bits per heavy atom. The normalized spacial score (nSPS) is 17.8. The molecule has 1 aromatic heterocycles. The quantitative estimate of drug-likeness (QED) is 0.567. The summed E-state index contributed by atoms with van der Waals surface area (Å²) < 4.78 is 11.6. The van der Waals surface area contributed by atoms with E-state index in [9.17, 15) is 9.59 Å². The number of hydrogen-bond acceptors (Lipinski definition) is 5. The maximum atomic E-state index is 13.6. The van der Waals surface area contributed by atoms with Crippen molar-refractivity contribution in [3.05, 3.63) is 59.8 Å². The van der Waals surface area contributed by atoms with Crippen LogP contribution in [0, 0.1) is 5.92 Å². The highest BCUT2D eigenvalue weighted by Crippen LogP contribution is 2.24. The first-order valence-corrected chi connectivity index (χ1v) is 12.0. The van der Waals surface area contributed by atoms with Crippen molar-refractivity contribution in [3.8, 4) is 5.75 Å². The number of amides is 2. The van der Waals surface area contributed by atoms with Crippen LogP contribution in [-0.2, 0) is 11.2 Å². The number of nitrogens with zero attached hydrogens (tertiary/aromatic N) is 3. The third-order valence-corrected chi connectivity index (χ3v) is 6.31. The molecule has 0 aliphatic carbocycles. The number of carbonyl (C=O) groups excluding carboxylic acids is 2. The fourth-order valence-corrected chi connectivity index (χ4v) is 4.54. The van der Waals surface area contributed by atoms with Gasteiger partial charge in [-0.15, -0.1) is 0 Å². The smallest absolute Gasteiger partial charge is 0.257 e. The van der Waals surface area contributed by atoms with Gasteiger partial charge in [0.1, 0.15) is 18.1 Å². The van der Waals surface area contributed by atoms with Gasteiger partial charge >= 0.3 is 0 Å². The molecule has 0 radical (unpaired) electrons. The Labute approximate surface area is 200 Å². The lowest BCUT2D eigenvalue weighted by molar-refractivity contribution is -0.134. The number of fused-ring (bicyclic) bond motifs is 2. The van der Waals surface area contributed by atoms with Gasteiger partial charge in [-0.2, -0.15) is 0 Å². The third-order valence-electron chi connectivity index (χ3n) is 6.31. The molecule has 2 aromatic carbocycles. The van der Waals surface area contributed by atoms with Crippen molar-refractivity contribution < 1.29 is 18.8 Å². The van der Waals surface area contributed by atoms with Crippen molar-refractivity contribution in [1.82, 2.24) is 15.0 Å². The zero-order chi connectivity index (χ0) is 24.1. The van der Waals surface area contributed by atoms with E-state index in [0.717, 1.165) is 24.6 Å². The summed E-state index contributed by atoms with van der Waals surface area (Å²) in [4.78, 5) is 30.2. The molecule has 1 atom stereocenters. The standard InChI is InChI=1S/C27H33N3O4/c1-19(2)16-20-18-33-24-12-6-5-11-22(24)27(32)29(3)14-8-9-15-30(20)26(31)17-23-21-10-4-7-13-25(21)34-28-23/h4-7,10-13,19-20H,8-9,14-18H2,1-3H3/t20-/m0/s1. The van der Waals surface area contributed by atoms with E-state index in [4.69, 9.17) is 9.26 Å². The molecule has 0 spiro atoms. The van der Waals surface area contributed by atoms with Gasteiger partial charge in [0.05, 0.1) is 18.0 Å². The third kappa shape index (κ3) is 5.41. The lowest BCUT2D eigenvalue weighted by Gasteiger charge is -2.34. The predicted molar refractivity (Wildman–Crippen MR) is 131 cm³/mol. The molecule has 0 N–H and O–H groups in total. The van der Waals surface area contributed by atoms with E-state index >= 15 is 0 Å². The summed E-state index contributed by atoms with van der Waals surface area (Å²) in [5.41, 5.74) is 1.90. The highest BCUT2D eigenvalue weighted by Gasteiger charge is 2.28. The van der Waals surface area contributed by atoms with Crippen LogP contribution in [-0.4, -0.2) is 59.6 Å². The maximum Gasteiger partial charge on any atom is 0.257 e. The van der Waals surface area contributed by atoms with Crippen molar-refractivity contribution in [2.45, 2.75) is 45.6 Å². The minimum Gasteiger partial charge on any atom is -0.491 e. The van der Waals surface area contributed by atoms with Gasteiger partial charge in [-0.1, -0.05) is 43.3 Å². The van der Waals surface area contributed by atoms with Crippen molar-refractivity contribution in [3.63, 3.8) is 0 Å². The zero-order valence-electron chi connectivity index (χ0n) is 20.2. The number of para-hydroxylation sites is 2. The summed E-state index contributed by atoms with van der Waals surface area (Å²) in [5.74, 6) is 0.918. The van der Waals surface area contributed by atoms with Gasteiger partial charge in [-0.05, 0) is 49.4 Å². The van der Waals surface area contributed by atoms with Gasteiger partial charge in [0.2, 0.25) is 5.91 Å². The summed E-state index contributed by atoms with van der Waals surface area (Å²) in [6.07, 6.45) is 2.61. The van der Waals surface area contributed by atoms with Crippen LogP contribution in [0.1, 0.15) is 49.2 Å². The van der Waals surface area contributed by atoms with Crippen molar-refractivity contribution in [1.29, 1.82) is 0 Å². The fraction of sp³-hybridized carbons (Fsp3) is 0.444. The molecule has 0 unspecified atom stereocenters. The highest BCUT2D eigenvalue weighted by atomic mass is 16.5. The number of benzene rings is 2. The molecule has 2 heterocycles. The molecule has 4 rings (SSSR count). The number of ether oxygens (including phenoxy) is 1. The molecule has 2 amide bonds. The Kier molecular flexibility index (Phi) is 7.50. The summed E-state index contributed by atoms with van der Waals surface area (Å²) >= 11 is 0. The molecule has 0 saturated carbocycles. The van der Waals surface area contributed by atoms with Crippen LogP contribution in [0.2, 0.25) is 0 Å². The Balaban J connectivity index is 1.61. The molecule has 7 nitrogen and oxygen atoms in total. The van der Waals surface area contributed by atoms with E-state index in [1.54, 1.807) is 11.0 Å². The van der Waals surface area contributed by atoms with E-state index in [1.165, 1.54) is 0 Å². The van der Waals surface area contributed by atoms with Gasteiger partial charge < -0.3 is 19.1 Å². The molecule has 180 valence electrons. The first-order chi connectivity index (χ1) is 16.4. The van der Waals surface area contributed by atoms with Crippen molar-refractivity contribution in [2.24, 2.45) is 5.92 Å². The molecule has 0 fully saturated rings. The lowest BCUT2D eigenvalue weighted by Crippen LogP contribution is -2.46. The second-order valence-electron chi connectivity index (χ2n) is 9.41. The van der Waals surface area contributed by atoms with Crippen LogP contribution in [0.3, 0.4) is 0 Å². The average Bonchev–Trinajstić information content (AvgIpc) is 3.23. The Bertz CT molecular complexity index is 1140. The van der Waals surface area contributed by atoms with Crippen LogP contribution in [0.5, 0.6) is 5.75 Å². The summed E-state index contributed by atoms with van der Waals surface area (Å²) in [5, 5.41) is 5.04. The number of hydrogen-bond donors (Lipinski definition) is 0. The molecule has 7 heteroatoms. The fourth-order valence-electron chi connectivity index (χ4n) is 4.54. The van der Waals surface area contributed by atoms with Gasteiger partial charge in [-0.25, -0.2) is 0 Å². The zero-order valence-corrected chi connectivity index (χ0v) is 20.2. The molecule has 1 aliphatic heterocycles. The van der Waals surface area contributed by atoms with Gasteiger partial charge in [0.25, 0.3) is 5.91 Å². The second-order valence-corrected chi connectivity index (χ2v) is 9.41. The minimum absolute atomic E-state index is 0.0167. The molecular formula is C27H33N3O4. The van der Waals surface area contributed by atoms with E-state index in [-0.39, 0.29) is 24.3 Å². The maximum absolute atomic E-state index is 13.6. The van der Waals surface area contributed by atoms with Crippen molar-refractivity contribution >= 4 is 22.8 Å². The average molecular weight is 464 g/mol. The topological polar surface area (TPSA) is 75.9 Å². The number of aromatic nitrogens is 1. The SMILES string of the molecule is CC(C)C[C@H]1COc2ccccc2C(=O)N(C)CCCCN1C(=O)Cc1noc2ccccc12. The Morgan fingerprint density at radius 2 is 1.82 bits per heavy atom. The molecule has 3 aromatic rings. The van der Waals surface area contributed by atoms with E-state index in [1.807, 2.05) is 54.4 Å². The summed E-state index contributed by atoms with van der Waals surface area (Å²) in [7, 11) is 1.81. The predicted octanol–water partition coefficient (Wildman–Crippen LogP) is 4.56. The molecule has 1 aliphatic rings. The van der Waals surface area contributed by atoms with Crippen LogP contribution in [0.25, 0.3) is 11.0 Å². The molecule has 0 saturated heterocycles. The van der Waals surface area contributed by atoms with Crippen LogP contribution >= 0.6 is 0 Å². The molecule has 34 heavy (non-hydrogen) atoms. The molecule has 0 bridgehead atoms. The lowest BCUT2D eigenvalue weighted by atomic mass is 10.0. The molecular weight excluding hydrogens is 430 g/mol. The Morgan fingerprint density at radius 3 is 2.65 bits per heavy atom. The van der Waals surface area contributed by atoms with E-state index < -0.39 is 0 Å². The largest absolute Gasteiger partial charge is 0.491 e.